The van der Waals surface area contributed by atoms with Crippen LogP contribution in [0.2, 0.25) is 5.02 Å². The molecule has 84 valence electrons. The predicted molar refractivity (Wildman–Crippen MR) is 60.0 cm³/mol. The van der Waals surface area contributed by atoms with E-state index in [0.717, 1.165) is 5.56 Å². The van der Waals surface area contributed by atoms with E-state index in [2.05, 4.69) is 0 Å². The van der Waals surface area contributed by atoms with Crippen LogP contribution < -0.4 is 0 Å². The molecular formula is C12H11ClO3. The van der Waals surface area contributed by atoms with E-state index in [1.807, 2.05) is 12.1 Å². The van der Waals surface area contributed by atoms with E-state index in [4.69, 9.17) is 21.1 Å². The normalized spacial score (nSPS) is 19.9. The minimum absolute atomic E-state index is 0.336. The van der Waals surface area contributed by atoms with Crippen LogP contribution in [-0.2, 0) is 14.3 Å². The maximum Gasteiger partial charge on any atom is 0.338 e. The summed E-state index contributed by atoms with van der Waals surface area (Å²) < 4.78 is 10.4. The molecule has 3 nitrogen and oxygen atoms in total. The molecule has 2 rings (SSSR count). The Kier molecular flexibility index (Phi) is 2.88. The van der Waals surface area contributed by atoms with Crippen LogP contribution in [0, 0.1) is 0 Å². The summed E-state index contributed by atoms with van der Waals surface area (Å²) in [6.07, 6.45) is -0.449. The SMILES string of the molecule is COC1=C(C)C(=O)OC1c1ccc(Cl)cc1. The molecular weight excluding hydrogens is 228 g/mol. The number of rotatable bonds is 2. The van der Waals surface area contributed by atoms with Crippen LogP contribution in [0.4, 0.5) is 0 Å². The summed E-state index contributed by atoms with van der Waals surface area (Å²) in [5, 5.41) is 0.646. The van der Waals surface area contributed by atoms with Crippen LogP contribution in [0.15, 0.2) is 35.6 Å². The van der Waals surface area contributed by atoms with Gasteiger partial charge in [0.25, 0.3) is 0 Å². The average Bonchev–Trinajstić information content (AvgIpc) is 2.56. The summed E-state index contributed by atoms with van der Waals surface area (Å²) >= 11 is 5.79. The summed E-state index contributed by atoms with van der Waals surface area (Å²) in [5.41, 5.74) is 1.37. The summed E-state index contributed by atoms with van der Waals surface area (Å²) in [7, 11) is 1.53. The largest absolute Gasteiger partial charge is 0.496 e. The number of halogens is 1. The Balaban J connectivity index is 2.36. The van der Waals surface area contributed by atoms with E-state index >= 15 is 0 Å². The number of cyclic esters (lactones) is 1. The van der Waals surface area contributed by atoms with Crippen LogP contribution in [0.3, 0.4) is 0 Å². The highest BCUT2D eigenvalue weighted by molar-refractivity contribution is 6.30. The van der Waals surface area contributed by atoms with E-state index in [0.29, 0.717) is 16.4 Å². The average molecular weight is 239 g/mol. The van der Waals surface area contributed by atoms with E-state index < -0.39 is 6.10 Å². The van der Waals surface area contributed by atoms with Crippen molar-refractivity contribution < 1.29 is 14.3 Å². The molecule has 1 aliphatic rings. The molecule has 1 aromatic carbocycles. The monoisotopic (exact) mass is 238 g/mol. The molecule has 16 heavy (non-hydrogen) atoms. The molecule has 4 heteroatoms. The molecule has 0 saturated heterocycles. The van der Waals surface area contributed by atoms with Gasteiger partial charge in [-0.2, -0.15) is 0 Å². The van der Waals surface area contributed by atoms with Crippen molar-refractivity contribution in [3.8, 4) is 0 Å². The number of carbonyl (C=O) groups is 1. The lowest BCUT2D eigenvalue weighted by Gasteiger charge is -2.13. The number of benzene rings is 1. The third-order valence-electron chi connectivity index (χ3n) is 2.53. The van der Waals surface area contributed by atoms with Crippen molar-refractivity contribution in [3.63, 3.8) is 0 Å². The Morgan fingerprint density at radius 3 is 2.50 bits per heavy atom. The lowest BCUT2D eigenvalue weighted by atomic mass is 10.1. The lowest BCUT2D eigenvalue weighted by Crippen LogP contribution is -2.04. The first-order valence-electron chi connectivity index (χ1n) is 4.84. The summed E-state index contributed by atoms with van der Waals surface area (Å²) in [5.74, 6) is 0.226. The first kappa shape index (κ1) is 11.0. The van der Waals surface area contributed by atoms with Gasteiger partial charge < -0.3 is 9.47 Å². The van der Waals surface area contributed by atoms with Gasteiger partial charge in [0.15, 0.2) is 11.9 Å². The summed E-state index contributed by atoms with van der Waals surface area (Å²) in [6, 6.07) is 7.15. The van der Waals surface area contributed by atoms with Gasteiger partial charge in [-0.05, 0) is 19.1 Å². The van der Waals surface area contributed by atoms with Crippen LogP contribution in [-0.4, -0.2) is 13.1 Å². The quantitative estimate of drug-likeness (QED) is 0.744. The zero-order valence-corrected chi connectivity index (χ0v) is 9.75. The Bertz CT molecular complexity index is 448. The van der Waals surface area contributed by atoms with Crippen LogP contribution in [0.1, 0.15) is 18.6 Å². The molecule has 1 unspecified atom stereocenters. The zero-order valence-electron chi connectivity index (χ0n) is 8.99. The molecule has 1 aliphatic heterocycles. The first-order chi connectivity index (χ1) is 7.63. The molecule has 1 heterocycles. The third kappa shape index (κ3) is 1.78. The molecule has 1 aromatic rings. The van der Waals surface area contributed by atoms with Gasteiger partial charge in [-0.3, -0.25) is 0 Å². The molecule has 0 N–H and O–H groups in total. The van der Waals surface area contributed by atoms with E-state index in [-0.39, 0.29) is 5.97 Å². The van der Waals surface area contributed by atoms with Crippen LogP contribution in [0.5, 0.6) is 0 Å². The Labute approximate surface area is 98.6 Å². The molecule has 0 spiro atoms. The number of carbonyl (C=O) groups excluding carboxylic acids is 1. The van der Waals surface area contributed by atoms with Gasteiger partial charge in [0.05, 0.1) is 12.7 Å². The second-order valence-corrected chi connectivity index (χ2v) is 3.97. The zero-order chi connectivity index (χ0) is 11.7. The van der Waals surface area contributed by atoms with Crippen LogP contribution >= 0.6 is 11.6 Å². The number of hydrogen-bond acceptors (Lipinski definition) is 3. The Hall–Kier alpha value is -1.48. The minimum atomic E-state index is -0.449. The second-order valence-electron chi connectivity index (χ2n) is 3.53. The number of esters is 1. The third-order valence-corrected chi connectivity index (χ3v) is 2.78. The van der Waals surface area contributed by atoms with Crippen LogP contribution in [0.25, 0.3) is 0 Å². The molecule has 0 bridgehead atoms. The highest BCUT2D eigenvalue weighted by atomic mass is 35.5. The topological polar surface area (TPSA) is 35.5 Å². The maximum absolute atomic E-state index is 11.4. The standard InChI is InChI=1S/C12H11ClO3/c1-7-10(15-2)11(16-12(7)14)8-3-5-9(13)6-4-8/h3-6,11H,1-2H3. The molecule has 0 aromatic heterocycles. The second kappa shape index (κ2) is 4.18. The summed E-state index contributed by atoms with van der Waals surface area (Å²) in [6.45, 7) is 1.69. The van der Waals surface area contributed by atoms with Gasteiger partial charge in [-0.25, -0.2) is 4.79 Å². The van der Waals surface area contributed by atoms with Crippen molar-refractivity contribution in [1.29, 1.82) is 0 Å². The number of methoxy groups -OCH3 is 1. The predicted octanol–water partition coefficient (Wildman–Crippen LogP) is 2.86. The van der Waals surface area contributed by atoms with Crippen molar-refractivity contribution in [2.45, 2.75) is 13.0 Å². The van der Waals surface area contributed by atoms with Crippen molar-refractivity contribution in [1.82, 2.24) is 0 Å². The molecule has 0 radical (unpaired) electrons. The highest BCUT2D eigenvalue weighted by Gasteiger charge is 2.33. The Morgan fingerprint density at radius 1 is 1.31 bits per heavy atom. The highest BCUT2D eigenvalue weighted by Crippen LogP contribution is 2.35. The van der Waals surface area contributed by atoms with Crippen molar-refractivity contribution in [3.05, 3.63) is 46.2 Å². The van der Waals surface area contributed by atoms with Crippen molar-refractivity contribution >= 4 is 17.6 Å². The van der Waals surface area contributed by atoms with E-state index in [1.54, 1.807) is 19.1 Å². The number of hydrogen-bond donors (Lipinski definition) is 0. The fraction of sp³-hybridized carbons (Fsp3) is 0.250. The van der Waals surface area contributed by atoms with Gasteiger partial charge in [0, 0.05) is 10.6 Å². The van der Waals surface area contributed by atoms with Crippen molar-refractivity contribution in [2.75, 3.05) is 7.11 Å². The molecule has 0 aliphatic carbocycles. The minimum Gasteiger partial charge on any atom is -0.496 e. The fourth-order valence-electron chi connectivity index (χ4n) is 1.66. The maximum atomic E-state index is 11.4. The van der Waals surface area contributed by atoms with Gasteiger partial charge >= 0.3 is 5.97 Å². The molecule has 0 saturated carbocycles. The molecule has 0 fully saturated rings. The van der Waals surface area contributed by atoms with Gasteiger partial charge in [0.1, 0.15) is 0 Å². The summed E-state index contributed by atoms with van der Waals surface area (Å²) in [4.78, 5) is 11.4. The fourth-order valence-corrected chi connectivity index (χ4v) is 1.79. The lowest BCUT2D eigenvalue weighted by molar-refractivity contribution is -0.140. The van der Waals surface area contributed by atoms with E-state index in [9.17, 15) is 4.79 Å². The molecule has 1 atom stereocenters. The number of ether oxygens (including phenoxy) is 2. The first-order valence-corrected chi connectivity index (χ1v) is 5.22. The van der Waals surface area contributed by atoms with Crippen molar-refractivity contribution in [2.24, 2.45) is 0 Å². The Morgan fingerprint density at radius 2 is 1.94 bits per heavy atom. The smallest absolute Gasteiger partial charge is 0.338 e. The van der Waals surface area contributed by atoms with Gasteiger partial charge in [-0.1, -0.05) is 23.7 Å². The van der Waals surface area contributed by atoms with Gasteiger partial charge in [-0.15, -0.1) is 0 Å². The van der Waals surface area contributed by atoms with Gasteiger partial charge in [0.2, 0.25) is 0 Å². The molecule has 0 amide bonds. The van der Waals surface area contributed by atoms with E-state index in [1.165, 1.54) is 7.11 Å².